The summed E-state index contributed by atoms with van der Waals surface area (Å²) in [5, 5.41) is 8.29. The van der Waals surface area contributed by atoms with E-state index in [2.05, 4.69) is 17.2 Å². The summed E-state index contributed by atoms with van der Waals surface area (Å²) in [6.45, 7) is 5.65. The summed E-state index contributed by atoms with van der Waals surface area (Å²) >= 11 is 0. The summed E-state index contributed by atoms with van der Waals surface area (Å²) in [4.78, 5) is 14.6. The van der Waals surface area contributed by atoms with Gasteiger partial charge in [0.2, 0.25) is 0 Å². The first kappa shape index (κ1) is 15.5. The van der Waals surface area contributed by atoms with Crippen molar-refractivity contribution >= 4 is 5.91 Å². The van der Waals surface area contributed by atoms with Gasteiger partial charge in [-0.1, -0.05) is 18.2 Å². The summed E-state index contributed by atoms with van der Waals surface area (Å²) in [6.07, 6.45) is 2.23. The van der Waals surface area contributed by atoms with Crippen LogP contribution in [0.25, 0.3) is 5.69 Å². The van der Waals surface area contributed by atoms with Gasteiger partial charge in [0, 0.05) is 19.2 Å². The highest BCUT2D eigenvalue weighted by atomic mass is 16.5. The van der Waals surface area contributed by atoms with E-state index in [1.807, 2.05) is 36.1 Å². The molecule has 1 fully saturated rings. The van der Waals surface area contributed by atoms with Crippen LogP contribution in [0.4, 0.5) is 0 Å². The zero-order valence-electron chi connectivity index (χ0n) is 13.8. The van der Waals surface area contributed by atoms with Gasteiger partial charge in [-0.25, -0.2) is 4.68 Å². The summed E-state index contributed by atoms with van der Waals surface area (Å²) in [5.74, 6) is 1.26. The first-order valence-corrected chi connectivity index (χ1v) is 7.96. The number of hydrogen-bond acceptors (Lipinski definition) is 4. The Bertz CT molecular complexity index is 710. The largest absolute Gasteiger partial charge is 0.497 e. The summed E-state index contributed by atoms with van der Waals surface area (Å²) in [5.41, 5.74) is 2.02. The summed E-state index contributed by atoms with van der Waals surface area (Å²) < 4.78 is 6.92. The van der Waals surface area contributed by atoms with Crippen molar-refractivity contribution < 1.29 is 9.53 Å². The number of likely N-dealkylation sites (tertiary alicyclic amines) is 1. The van der Waals surface area contributed by atoms with Gasteiger partial charge < -0.3 is 9.64 Å². The molecule has 1 atom stereocenters. The number of methoxy groups -OCH3 is 1. The number of ether oxygens (including phenoxy) is 1. The highest BCUT2D eigenvalue weighted by Crippen LogP contribution is 2.21. The van der Waals surface area contributed by atoms with Crippen LogP contribution in [-0.4, -0.2) is 46.0 Å². The van der Waals surface area contributed by atoms with Gasteiger partial charge in [-0.05, 0) is 37.8 Å². The average molecular weight is 314 g/mol. The average Bonchev–Trinajstić information content (AvgIpc) is 2.95. The second kappa shape index (κ2) is 6.40. The predicted octanol–water partition coefficient (Wildman–Crippen LogP) is 2.46. The van der Waals surface area contributed by atoms with Gasteiger partial charge in [-0.3, -0.25) is 4.79 Å². The number of carbonyl (C=O) groups is 1. The van der Waals surface area contributed by atoms with Crippen LogP contribution in [0.15, 0.2) is 24.3 Å². The number of piperidine rings is 1. The summed E-state index contributed by atoms with van der Waals surface area (Å²) in [7, 11) is 1.62. The highest BCUT2D eigenvalue weighted by molar-refractivity contribution is 5.93. The van der Waals surface area contributed by atoms with Crippen LogP contribution >= 0.6 is 0 Å². The van der Waals surface area contributed by atoms with Crippen molar-refractivity contribution in [2.24, 2.45) is 5.92 Å². The van der Waals surface area contributed by atoms with Crippen LogP contribution in [0.1, 0.15) is 35.9 Å². The maximum Gasteiger partial charge on any atom is 0.276 e. The predicted molar refractivity (Wildman–Crippen MR) is 86.9 cm³/mol. The van der Waals surface area contributed by atoms with Crippen LogP contribution < -0.4 is 4.74 Å². The molecule has 1 amide bonds. The molecule has 0 spiro atoms. The van der Waals surface area contributed by atoms with E-state index in [4.69, 9.17) is 4.74 Å². The molecule has 0 unspecified atom stereocenters. The fourth-order valence-electron chi connectivity index (χ4n) is 3.04. The molecule has 1 saturated heterocycles. The van der Waals surface area contributed by atoms with Gasteiger partial charge in [0.15, 0.2) is 5.69 Å². The van der Waals surface area contributed by atoms with E-state index in [9.17, 15) is 4.79 Å². The fourth-order valence-corrected chi connectivity index (χ4v) is 3.04. The number of nitrogens with zero attached hydrogens (tertiary/aromatic N) is 4. The molecule has 1 aliphatic rings. The molecule has 1 aromatic carbocycles. The summed E-state index contributed by atoms with van der Waals surface area (Å²) in [6, 6.07) is 7.56. The van der Waals surface area contributed by atoms with E-state index in [-0.39, 0.29) is 5.91 Å². The number of rotatable bonds is 3. The molecule has 1 aromatic heterocycles. The lowest BCUT2D eigenvalue weighted by atomic mass is 10.00. The Labute approximate surface area is 136 Å². The Kier molecular flexibility index (Phi) is 4.32. The molecular weight excluding hydrogens is 292 g/mol. The molecule has 122 valence electrons. The zero-order valence-corrected chi connectivity index (χ0v) is 13.8. The van der Waals surface area contributed by atoms with Crippen LogP contribution in [0, 0.1) is 12.8 Å². The molecule has 2 heterocycles. The molecule has 23 heavy (non-hydrogen) atoms. The van der Waals surface area contributed by atoms with Crippen molar-refractivity contribution in [1.29, 1.82) is 0 Å². The Morgan fingerprint density at radius 2 is 2.22 bits per heavy atom. The van der Waals surface area contributed by atoms with Crippen LogP contribution in [-0.2, 0) is 0 Å². The van der Waals surface area contributed by atoms with Crippen molar-refractivity contribution in [3.63, 3.8) is 0 Å². The lowest BCUT2D eigenvalue weighted by molar-refractivity contribution is 0.0676. The minimum atomic E-state index is -0.0248. The Balaban J connectivity index is 1.88. The van der Waals surface area contributed by atoms with Crippen LogP contribution in [0.2, 0.25) is 0 Å². The zero-order chi connectivity index (χ0) is 16.4. The maximum atomic E-state index is 12.7. The van der Waals surface area contributed by atoms with Crippen molar-refractivity contribution in [2.75, 3.05) is 20.2 Å². The van der Waals surface area contributed by atoms with Crippen molar-refractivity contribution in [3.8, 4) is 11.4 Å². The molecule has 0 aliphatic carbocycles. The standard InChI is InChI=1S/C17H22N4O2/c1-12-6-5-9-20(11-12)17(22)16-13(2)21(19-18-16)14-7-4-8-15(10-14)23-3/h4,7-8,10,12H,5-6,9,11H2,1-3H3/t12-/m0/s1. The molecule has 0 N–H and O–H groups in total. The topological polar surface area (TPSA) is 60.2 Å². The van der Waals surface area contributed by atoms with E-state index in [1.165, 1.54) is 6.42 Å². The van der Waals surface area contributed by atoms with Gasteiger partial charge in [-0.15, -0.1) is 5.10 Å². The Morgan fingerprint density at radius 1 is 1.39 bits per heavy atom. The number of aromatic nitrogens is 3. The van der Waals surface area contributed by atoms with E-state index >= 15 is 0 Å². The Hall–Kier alpha value is -2.37. The number of amides is 1. The lowest BCUT2D eigenvalue weighted by Crippen LogP contribution is -2.39. The van der Waals surface area contributed by atoms with Crippen molar-refractivity contribution in [1.82, 2.24) is 19.9 Å². The van der Waals surface area contributed by atoms with E-state index in [0.717, 1.165) is 36.6 Å². The molecule has 2 aromatic rings. The van der Waals surface area contributed by atoms with Gasteiger partial charge in [0.1, 0.15) is 5.75 Å². The minimum Gasteiger partial charge on any atom is -0.497 e. The third-order valence-electron chi connectivity index (χ3n) is 4.34. The van der Waals surface area contributed by atoms with Crippen molar-refractivity contribution in [3.05, 3.63) is 35.7 Å². The molecule has 6 heteroatoms. The first-order chi connectivity index (χ1) is 11.1. The number of benzene rings is 1. The highest BCUT2D eigenvalue weighted by Gasteiger charge is 2.26. The van der Waals surface area contributed by atoms with E-state index < -0.39 is 0 Å². The van der Waals surface area contributed by atoms with E-state index in [1.54, 1.807) is 11.8 Å². The molecule has 0 saturated carbocycles. The SMILES string of the molecule is COc1cccc(-n2nnc(C(=O)N3CCC[C@H](C)C3)c2C)c1. The van der Waals surface area contributed by atoms with Crippen LogP contribution in [0.5, 0.6) is 5.75 Å². The maximum absolute atomic E-state index is 12.7. The second-order valence-electron chi connectivity index (χ2n) is 6.14. The second-order valence-corrected chi connectivity index (χ2v) is 6.14. The first-order valence-electron chi connectivity index (χ1n) is 7.96. The third kappa shape index (κ3) is 3.06. The molecular formula is C17H22N4O2. The lowest BCUT2D eigenvalue weighted by Gasteiger charge is -2.30. The molecule has 1 aliphatic heterocycles. The van der Waals surface area contributed by atoms with E-state index in [0.29, 0.717) is 11.6 Å². The molecule has 0 bridgehead atoms. The van der Waals surface area contributed by atoms with Crippen LogP contribution in [0.3, 0.4) is 0 Å². The van der Waals surface area contributed by atoms with Gasteiger partial charge in [-0.2, -0.15) is 0 Å². The fraction of sp³-hybridized carbons (Fsp3) is 0.471. The van der Waals surface area contributed by atoms with Gasteiger partial charge in [0.05, 0.1) is 18.5 Å². The molecule has 6 nitrogen and oxygen atoms in total. The minimum absolute atomic E-state index is 0.0248. The van der Waals surface area contributed by atoms with Crippen molar-refractivity contribution in [2.45, 2.75) is 26.7 Å². The number of carbonyl (C=O) groups excluding carboxylic acids is 1. The third-order valence-corrected chi connectivity index (χ3v) is 4.34. The Morgan fingerprint density at radius 3 is 2.96 bits per heavy atom. The molecule has 0 radical (unpaired) electrons. The van der Waals surface area contributed by atoms with Gasteiger partial charge >= 0.3 is 0 Å². The monoisotopic (exact) mass is 314 g/mol. The van der Waals surface area contributed by atoms with Gasteiger partial charge in [0.25, 0.3) is 5.91 Å². The smallest absolute Gasteiger partial charge is 0.276 e. The molecule has 3 rings (SSSR count). The number of hydrogen-bond donors (Lipinski definition) is 0. The quantitative estimate of drug-likeness (QED) is 0.873. The normalized spacial score (nSPS) is 18.0.